The summed E-state index contributed by atoms with van der Waals surface area (Å²) in [6.45, 7) is 1.26. The molecule has 0 saturated heterocycles. The van der Waals surface area contributed by atoms with Crippen molar-refractivity contribution in [3.63, 3.8) is 0 Å². The maximum Gasteiger partial charge on any atom is 0.344 e. The first-order valence-corrected chi connectivity index (χ1v) is 9.34. The van der Waals surface area contributed by atoms with Gasteiger partial charge in [0.25, 0.3) is 5.91 Å². The minimum Gasteiger partial charge on any atom is -0.482 e. The molecule has 1 N–H and O–H groups in total. The lowest BCUT2D eigenvalue weighted by molar-refractivity contribution is -0.150. The summed E-state index contributed by atoms with van der Waals surface area (Å²) >= 11 is 5.95. The van der Waals surface area contributed by atoms with Gasteiger partial charge in [-0.2, -0.15) is 0 Å². The molecule has 3 rings (SSSR count). The second-order valence-corrected chi connectivity index (χ2v) is 7.01. The van der Waals surface area contributed by atoms with Gasteiger partial charge >= 0.3 is 5.97 Å². The van der Waals surface area contributed by atoms with E-state index in [2.05, 4.69) is 5.32 Å². The Balaban J connectivity index is 1.40. The lowest BCUT2D eigenvalue weighted by Crippen LogP contribution is -2.31. The largest absolute Gasteiger partial charge is 0.482 e. The van der Waals surface area contributed by atoms with Crippen molar-refractivity contribution in [2.24, 2.45) is 0 Å². The van der Waals surface area contributed by atoms with Crippen LogP contribution in [-0.4, -0.2) is 25.1 Å². The number of aryl methyl sites for hydroxylation is 2. The SMILES string of the molecule is C[C@@H](NC(=O)COC(=O)COc1ccc2c(c1)CCC2)c1cccc(Cl)c1. The van der Waals surface area contributed by atoms with E-state index in [0.717, 1.165) is 24.8 Å². The summed E-state index contributed by atoms with van der Waals surface area (Å²) in [5, 5.41) is 3.37. The first-order valence-electron chi connectivity index (χ1n) is 8.96. The van der Waals surface area contributed by atoms with Crippen LogP contribution < -0.4 is 10.1 Å². The molecule has 1 aliphatic carbocycles. The molecule has 1 amide bonds. The van der Waals surface area contributed by atoms with Gasteiger partial charge < -0.3 is 14.8 Å². The fraction of sp³-hybridized carbons (Fsp3) is 0.333. The van der Waals surface area contributed by atoms with E-state index in [1.54, 1.807) is 12.1 Å². The van der Waals surface area contributed by atoms with Crippen LogP contribution in [0.1, 0.15) is 36.1 Å². The Morgan fingerprint density at radius 2 is 1.93 bits per heavy atom. The van der Waals surface area contributed by atoms with Crippen LogP contribution in [0.4, 0.5) is 0 Å². The van der Waals surface area contributed by atoms with E-state index in [0.29, 0.717) is 10.8 Å². The fourth-order valence-corrected chi connectivity index (χ4v) is 3.31. The van der Waals surface area contributed by atoms with Crippen molar-refractivity contribution in [1.29, 1.82) is 0 Å². The molecule has 0 unspecified atom stereocenters. The van der Waals surface area contributed by atoms with E-state index >= 15 is 0 Å². The van der Waals surface area contributed by atoms with E-state index in [4.69, 9.17) is 21.1 Å². The summed E-state index contributed by atoms with van der Waals surface area (Å²) in [5.74, 6) is -0.318. The molecular weight excluding hydrogens is 366 g/mol. The number of halogens is 1. The van der Waals surface area contributed by atoms with Gasteiger partial charge in [-0.25, -0.2) is 4.79 Å². The van der Waals surface area contributed by atoms with Gasteiger partial charge in [0.2, 0.25) is 0 Å². The van der Waals surface area contributed by atoms with Crippen LogP contribution in [0, 0.1) is 0 Å². The fourth-order valence-electron chi connectivity index (χ4n) is 3.11. The van der Waals surface area contributed by atoms with Gasteiger partial charge in [0.15, 0.2) is 13.2 Å². The highest BCUT2D eigenvalue weighted by molar-refractivity contribution is 6.30. The number of carbonyl (C=O) groups excluding carboxylic acids is 2. The minimum absolute atomic E-state index is 0.226. The Morgan fingerprint density at radius 3 is 2.74 bits per heavy atom. The molecule has 0 saturated carbocycles. The highest BCUT2D eigenvalue weighted by Gasteiger charge is 2.14. The lowest BCUT2D eigenvalue weighted by Gasteiger charge is -2.14. The molecule has 5 nitrogen and oxygen atoms in total. The Morgan fingerprint density at radius 1 is 1.11 bits per heavy atom. The van der Waals surface area contributed by atoms with Crippen LogP contribution in [0.25, 0.3) is 0 Å². The summed E-state index contributed by atoms with van der Waals surface area (Å²) < 4.78 is 10.4. The van der Waals surface area contributed by atoms with E-state index in [-0.39, 0.29) is 25.2 Å². The smallest absolute Gasteiger partial charge is 0.344 e. The quantitative estimate of drug-likeness (QED) is 0.737. The minimum atomic E-state index is -0.582. The summed E-state index contributed by atoms with van der Waals surface area (Å²) in [5.41, 5.74) is 3.49. The number of ether oxygens (including phenoxy) is 2. The maximum absolute atomic E-state index is 12.0. The number of hydrogen-bond acceptors (Lipinski definition) is 4. The van der Waals surface area contributed by atoms with Gasteiger partial charge in [0.05, 0.1) is 6.04 Å². The molecule has 142 valence electrons. The molecule has 27 heavy (non-hydrogen) atoms. The standard InChI is InChI=1S/C21H22ClNO4/c1-14(16-5-3-7-18(22)10-16)23-20(24)12-27-21(25)13-26-19-9-8-15-4-2-6-17(15)11-19/h3,5,7-11,14H,2,4,6,12-13H2,1H3,(H,23,24)/t14-/m1/s1. The summed E-state index contributed by atoms with van der Waals surface area (Å²) in [7, 11) is 0. The average molecular weight is 388 g/mol. The topological polar surface area (TPSA) is 64.6 Å². The monoisotopic (exact) mass is 387 g/mol. The molecule has 0 aliphatic heterocycles. The van der Waals surface area contributed by atoms with Crippen molar-refractivity contribution in [3.05, 3.63) is 64.2 Å². The number of esters is 1. The van der Waals surface area contributed by atoms with Crippen molar-refractivity contribution >= 4 is 23.5 Å². The molecule has 0 spiro atoms. The van der Waals surface area contributed by atoms with Gasteiger partial charge in [-0.15, -0.1) is 0 Å². The molecule has 1 aliphatic rings. The second-order valence-electron chi connectivity index (χ2n) is 6.58. The highest BCUT2D eigenvalue weighted by atomic mass is 35.5. The molecule has 0 aromatic heterocycles. The number of rotatable bonds is 7. The van der Waals surface area contributed by atoms with Crippen molar-refractivity contribution < 1.29 is 19.1 Å². The van der Waals surface area contributed by atoms with Crippen molar-refractivity contribution in [2.75, 3.05) is 13.2 Å². The number of carbonyl (C=O) groups is 2. The molecular formula is C21H22ClNO4. The van der Waals surface area contributed by atoms with Gasteiger partial charge in [0.1, 0.15) is 5.75 Å². The highest BCUT2D eigenvalue weighted by Crippen LogP contribution is 2.26. The van der Waals surface area contributed by atoms with E-state index in [9.17, 15) is 9.59 Å². The molecule has 0 bridgehead atoms. The molecule has 0 heterocycles. The second kappa shape index (κ2) is 8.91. The van der Waals surface area contributed by atoms with Crippen LogP contribution in [0.5, 0.6) is 5.75 Å². The summed E-state index contributed by atoms with van der Waals surface area (Å²) in [4.78, 5) is 23.8. The van der Waals surface area contributed by atoms with E-state index in [1.807, 2.05) is 37.3 Å². The predicted molar refractivity (Wildman–Crippen MR) is 103 cm³/mol. The number of hydrogen-bond donors (Lipinski definition) is 1. The summed E-state index contributed by atoms with van der Waals surface area (Å²) in [6, 6.07) is 12.9. The molecule has 6 heteroatoms. The van der Waals surface area contributed by atoms with Crippen LogP contribution in [0.3, 0.4) is 0 Å². The molecule has 2 aromatic rings. The third-order valence-electron chi connectivity index (χ3n) is 4.52. The van der Waals surface area contributed by atoms with E-state index < -0.39 is 5.97 Å². The third kappa shape index (κ3) is 5.47. The lowest BCUT2D eigenvalue weighted by atomic mass is 10.1. The normalized spacial score (nSPS) is 13.6. The van der Waals surface area contributed by atoms with Crippen molar-refractivity contribution in [2.45, 2.75) is 32.2 Å². The molecule has 2 aromatic carbocycles. The molecule has 1 atom stereocenters. The van der Waals surface area contributed by atoms with Gasteiger partial charge in [-0.3, -0.25) is 4.79 Å². The molecule has 0 radical (unpaired) electrons. The number of benzene rings is 2. The molecule has 0 fully saturated rings. The van der Waals surface area contributed by atoms with Crippen LogP contribution in [0.2, 0.25) is 5.02 Å². The first-order chi connectivity index (χ1) is 13.0. The zero-order chi connectivity index (χ0) is 19.2. The maximum atomic E-state index is 12.0. The number of fused-ring (bicyclic) bond motifs is 1. The Bertz CT molecular complexity index is 837. The third-order valence-corrected chi connectivity index (χ3v) is 4.75. The first kappa shape index (κ1) is 19.2. The Kier molecular flexibility index (Phi) is 6.35. The van der Waals surface area contributed by atoms with Crippen LogP contribution in [-0.2, 0) is 27.2 Å². The van der Waals surface area contributed by atoms with Crippen LogP contribution >= 0.6 is 11.6 Å². The van der Waals surface area contributed by atoms with E-state index in [1.165, 1.54) is 11.1 Å². The van der Waals surface area contributed by atoms with Gasteiger partial charge in [-0.05, 0) is 67.1 Å². The van der Waals surface area contributed by atoms with Crippen LogP contribution in [0.15, 0.2) is 42.5 Å². The average Bonchev–Trinajstić information content (AvgIpc) is 3.12. The Hall–Kier alpha value is -2.53. The summed E-state index contributed by atoms with van der Waals surface area (Å²) in [6.07, 6.45) is 3.30. The van der Waals surface area contributed by atoms with Gasteiger partial charge in [0, 0.05) is 5.02 Å². The Labute approximate surface area is 163 Å². The van der Waals surface area contributed by atoms with Crippen molar-refractivity contribution in [1.82, 2.24) is 5.32 Å². The van der Waals surface area contributed by atoms with Crippen molar-refractivity contribution in [3.8, 4) is 5.75 Å². The zero-order valence-electron chi connectivity index (χ0n) is 15.2. The predicted octanol–water partition coefficient (Wildman–Crippen LogP) is 3.63. The van der Waals surface area contributed by atoms with Gasteiger partial charge in [-0.1, -0.05) is 29.8 Å². The number of nitrogens with one attached hydrogen (secondary N) is 1. The number of amides is 1. The zero-order valence-corrected chi connectivity index (χ0v) is 15.9.